The second-order valence-electron chi connectivity index (χ2n) is 3.58. The molecular formula is C13H11O2. The van der Waals surface area contributed by atoms with Gasteiger partial charge >= 0.3 is 0 Å². The molecule has 2 aromatic rings. The van der Waals surface area contributed by atoms with Gasteiger partial charge in [0, 0.05) is 17.4 Å². The molecule has 0 saturated heterocycles. The molecule has 0 amide bonds. The van der Waals surface area contributed by atoms with Crippen LogP contribution >= 0.6 is 0 Å². The minimum Gasteiger partial charge on any atom is -0.493 e. The Kier molecular flexibility index (Phi) is 1.66. The van der Waals surface area contributed by atoms with Crippen LogP contribution in [0.25, 0.3) is 10.8 Å². The molecule has 0 fully saturated rings. The van der Waals surface area contributed by atoms with Gasteiger partial charge < -0.3 is 9.47 Å². The molecule has 0 aliphatic heterocycles. The molecule has 0 spiro atoms. The molecule has 2 nitrogen and oxygen atoms in total. The largest absolute Gasteiger partial charge is 0.493 e. The average Bonchev–Trinajstić information content (AvgIpc) is 3.07. The van der Waals surface area contributed by atoms with E-state index in [0.29, 0.717) is 0 Å². The first-order chi connectivity index (χ1) is 7.36. The van der Waals surface area contributed by atoms with Crippen LogP contribution in [0.2, 0.25) is 0 Å². The first-order valence-electron chi connectivity index (χ1n) is 4.88. The van der Waals surface area contributed by atoms with Crippen LogP contribution < -0.4 is 9.47 Å². The predicted molar refractivity (Wildman–Crippen MR) is 59.6 cm³/mol. The quantitative estimate of drug-likeness (QED) is 0.631. The number of hydrogen-bond donors (Lipinski definition) is 0. The van der Waals surface area contributed by atoms with Crippen LogP contribution in [0.1, 0.15) is 11.1 Å². The van der Waals surface area contributed by atoms with Crippen molar-refractivity contribution in [1.82, 2.24) is 0 Å². The predicted octanol–water partition coefficient (Wildman–Crippen LogP) is 2.77. The van der Waals surface area contributed by atoms with E-state index in [4.69, 9.17) is 9.47 Å². The minimum atomic E-state index is 0.834. The summed E-state index contributed by atoms with van der Waals surface area (Å²) in [4.78, 5) is 0. The summed E-state index contributed by atoms with van der Waals surface area (Å²) in [5, 5.41) is 2.36. The molecule has 1 radical (unpaired) electrons. The Morgan fingerprint density at radius 3 is 2.13 bits per heavy atom. The van der Waals surface area contributed by atoms with Crippen LogP contribution in [0.15, 0.2) is 24.3 Å². The number of methoxy groups -OCH3 is 2. The maximum Gasteiger partial charge on any atom is 0.168 e. The zero-order valence-corrected chi connectivity index (χ0v) is 8.70. The normalized spacial score (nSPS) is 12.4. The maximum atomic E-state index is 5.42. The van der Waals surface area contributed by atoms with Crippen molar-refractivity contribution < 1.29 is 9.47 Å². The highest BCUT2D eigenvalue weighted by Crippen LogP contribution is 2.51. The summed E-state index contributed by atoms with van der Waals surface area (Å²) in [6, 6.07) is 8.22. The lowest BCUT2D eigenvalue weighted by atomic mass is 10.1. The second-order valence-corrected chi connectivity index (χ2v) is 3.58. The Morgan fingerprint density at radius 1 is 0.800 bits per heavy atom. The van der Waals surface area contributed by atoms with Crippen LogP contribution in [0.4, 0.5) is 0 Å². The van der Waals surface area contributed by atoms with Crippen LogP contribution in [-0.4, -0.2) is 14.2 Å². The standard InChI is InChI=1S/C13H11O2/c1-14-12-9-6-4-3-5-8(9)10-7-11(10)13(12)15-2/h3-7H,1-2H3. The monoisotopic (exact) mass is 199 g/mol. The second kappa shape index (κ2) is 2.89. The third-order valence-corrected chi connectivity index (χ3v) is 2.82. The Morgan fingerprint density at radius 2 is 1.47 bits per heavy atom. The van der Waals surface area contributed by atoms with Gasteiger partial charge in [-0.3, -0.25) is 0 Å². The first kappa shape index (κ1) is 8.60. The molecule has 0 N–H and O–H groups in total. The van der Waals surface area contributed by atoms with E-state index >= 15 is 0 Å². The lowest BCUT2D eigenvalue weighted by molar-refractivity contribution is 0.358. The average molecular weight is 199 g/mol. The van der Waals surface area contributed by atoms with Gasteiger partial charge in [0.1, 0.15) is 0 Å². The molecule has 1 aliphatic carbocycles. The van der Waals surface area contributed by atoms with Gasteiger partial charge in [-0.2, -0.15) is 0 Å². The Balaban J connectivity index is 2.44. The fourth-order valence-electron chi connectivity index (χ4n) is 2.08. The van der Waals surface area contributed by atoms with Gasteiger partial charge in [0.05, 0.1) is 14.2 Å². The zero-order valence-electron chi connectivity index (χ0n) is 8.70. The molecule has 0 unspecified atom stereocenters. The maximum absolute atomic E-state index is 5.42. The molecule has 1 aliphatic rings. The molecule has 0 atom stereocenters. The lowest BCUT2D eigenvalue weighted by Gasteiger charge is -2.09. The molecular weight excluding hydrogens is 188 g/mol. The van der Waals surface area contributed by atoms with Crippen LogP contribution in [0.3, 0.4) is 0 Å². The van der Waals surface area contributed by atoms with E-state index in [1.807, 2.05) is 12.1 Å². The van der Waals surface area contributed by atoms with Gasteiger partial charge in [-0.05, 0) is 10.9 Å². The summed E-state index contributed by atoms with van der Waals surface area (Å²) in [6.45, 7) is 0. The van der Waals surface area contributed by atoms with Crippen molar-refractivity contribution in [3.05, 3.63) is 41.8 Å². The van der Waals surface area contributed by atoms with Gasteiger partial charge in [-0.25, -0.2) is 0 Å². The van der Waals surface area contributed by atoms with E-state index in [1.54, 1.807) is 14.2 Å². The summed E-state index contributed by atoms with van der Waals surface area (Å²) in [6.07, 6.45) is 2.13. The van der Waals surface area contributed by atoms with E-state index in [9.17, 15) is 0 Å². The topological polar surface area (TPSA) is 18.5 Å². The summed E-state index contributed by atoms with van der Waals surface area (Å²) >= 11 is 0. The summed E-state index contributed by atoms with van der Waals surface area (Å²) in [5.74, 6) is 1.69. The van der Waals surface area contributed by atoms with E-state index in [1.165, 1.54) is 16.5 Å². The van der Waals surface area contributed by atoms with Crippen LogP contribution in [0, 0.1) is 6.42 Å². The van der Waals surface area contributed by atoms with Crippen molar-refractivity contribution >= 4 is 10.8 Å². The Labute approximate surface area is 88.4 Å². The van der Waals surface area contributed by atoms with E-state index < -0.39 is 0 Å². The number of benzene rings is 2. The molecule has 0 aromatic heterocycles. The van der Waals surface area contributed by atoms with Crippen molar-refractivity contribution in [2.45, 2.75) is 0 Å². The molecule has 0 bridgehead atoms. The van der Waals surface area contributed by atoms with E-state index in [0.717, 1.165) is 16.9 Å². The highest BCUT2D eigenvalue weighted by atomic mass is 16.5. The number of fused-ring (bicyclic) bond motifs is 3. The molecule has 75 valence electrons. The van der Waals surface area contributed by atoms with E-state index in [-0.39, 0.29) is 0 Å². The van der Waals surface area contributed by atoms with Crippen molar-refractivity contribution in [1.29, 1.82) is 0 Å². The highest BCUT2D eigenvalue weighted by Gasteiger charge is 2.30. The van der Waals surface area contributed by atoms with Crippen LogP contribution in [-0.2, 0) is 0 Å². The smallest absolute Gasteiger partial charge is 0.168 e. The Hall–Kier alpha value is -1.70. The number of rotatable bonds is 2. The fourth-order valence-corrected chi connectivity index (χ4v) is 2.08. The van der Waals surface area contributed by atoms with Crippen molar-refractivity contribution in [2.24, 2.45) is 0 Å². The van der Waals surface area contributed by atoms with E-state index in [2.05, 4.69) is 18.6 Å². The zero-order chi connectivity index (χ0) is 10.4. The number of ether oxygens (including phenoxy) is 2. The summed E-state index contributed by atoms with van der Waals surface area (Å²) < 4.78 is 10.8. The third-order valence-electron chi connectivity index (χ3n) is 2.82. The van der Waals surface area contributed by atoms with Crippen LogP contribution in [0.5, 0.6) is 11.5 Å². The summed E-state index contributed by atoms with van der Waals surface area (Å²) in [7, 11) is 3.36. The third kappa shape index (κ3) is 1.05. The fraction of sp³-hybridized carbons (Fsp3) is 0.154. The number of hydrogen-bond acceptors (Lipinski definition) is 2. The highest BCUT2D eigenvalue weighted by molar-refractivity contribution is 6.01. The molecule has 2 heteroatoms. The van der Waals surface area contributed by atoms with Gasteiger partial charge in [-0.15, -0.1) is 0 Å². The molecule has 0 heterocycles. The van der Waals surface area contributed by atoms with Crippen molar-refractivity contribution in [2.75, 3.05) is 14.2 Å². The SMILES string of the molecule is COc1c2c(c3ccccc3c1OC)[CH]2. The van der Waals surface area contributed by atoms with Gasteiger partial charge in [-0.1, -0.05) is 24.3 Å². The lowest BCUT2D eigenvalue weighted by Crippen LogP contribution is -1.91. The van der Waals surface area contributed by atoms with Gasteiger partial charge in [0.25, 0.3) is 0 Å². The molecule has 2 aromatic carbocycles. The first-order valence-corrected chi connectivity index (χ1v) is 4.88. The molecule has 3 rings (SSSR count). The van der Waals surface area contributed by atoms with Crippen molar-refractivity contribution in [3.63, 3.8) is 0 Å². The molecule has 15 heavy (non-hydrogen) atoms. The van der Waals surface area contributed by atoms with Gasteiger partial charge in [0.2, 0.25) is 0 Å². The molecule has 0 saturated carbocycles. The summed E-state index contributed by atoms with van der Waals surface area (Å²) in [5.41, 5.74) is 2.45. The Bertz CT molecular complexity index is 544. The van der Waals surface area contributed by atoms with Crippen molar-refractivity contribution in [3.8, 4) is 11.5 Å². The minimum absolute atomic E-state index is 0.834. The van der Waals surface area contributed by atoms with Gasteiger partial charge in [0.15, 0.2) is 11.5 Å².